The van der Waals surface area contributed by atoms with Crippen LogP contribution in [0.1, 0.15) is 31.2 Å². The van der Waals surface area contributed by atoms with Crippen molar-refractivity contribution in [2.45, 2.75) is 45.2 Å². The van der Waals surface area contributed by atoms with Gasteiger partial charge in [0.05, 0.1) is 16.6 Å². The standard InChI is InChI=1S/C26H28N4O2/c31-18-9-10-22-21(17-18)26(32)30-16-11-20-19-7-2-3-8-23(19)29(24(20)25(30)27-22)15-6-14-28-12-4-1-5-13-28/h2-3,7-10,17,31H,1,4-6,11-16H2. The number of hydrogen-bond donors (Lipinski definition) is 1. The van der Waals surface area contributed by atoms with E-state index in [1.165, 1.54) is 54.9 Å². The molecule has 2 aromatic heterocycles. The van der Waals surface area contributed by atoms with Gasteiger partial charge in [0.2, 0.25) is 0 Å². The van der Waals surface area contributed by atoms with E-state index in [1.807, 2.05) is 0 Å². The second kappa shape index (κ2) is 7.78. The van der Waals surface area contributed by atoms with Crippen LogP contribution >= 0.6 is 0 Å². The quantitative estimate of drug-likeness (QED) is 0.530. The van der Waals surface area contributed by atoms with Crippen LogP contribution in [0.3, 0.4) is 0 Å². The van der Waals surface area contributed by atoms with Crippen molar-refractivity contribution < 1.29 is 5.11 Å². The highest BCUT2D eigenvalue weighted by Crippen LogP contribution is 2.37. The van der Waals surface area contributed by atoms with Gasteiger partial charge in [0, 0.05) is 24.0 Å². The minimum Gasteiger partial charge on any atom is -0.508 e. The monoisotopic (exact) mass is 428 g/mol. The third kappa shape index (κ3) is 3.13. The number of hydrogen-bond acceptors (Lipinski definition) is 4. The van der Waals surface area contributed by atoms with Gasteiger partial charge in [-0.15, -0.1) is 0 Å². The predicted molar refractivity (Wildman–Crippen MR) is 127 cm³/mol. The van der Waals surface area contributed by atoms with Crippen LogP contribution in [0.4, 0.5) is 0 Å². The molecule has 1 N–H and O–H groups in total. The number of fused-ring (bicyclic) bond motifs is 6. The summed E-state index contributed by atoms with van der Waals surface area (Å²) >= 11 is 0. The Hall–Kier alpha value is -3.12. The van der Waals surface area contributed by atoms with Gasteiger partial charge in [0.1, 0.15) is 5.75 Å². The first-order valence-electron chi connectivity index (χ1n) is 11.8. The van der Waals surface area contributed by atoms with Gasteiger partial charge in [-0.2, -0.15) is 0 Å². The Bertz CT molecular complexity index is 1380. The molecule has 4 heterocycles. The van der Waals surface area contributed by atoms with Crippen LogP contribution in [0.25, 0.3) is 33.3 Å². The summed E-state index contributed by atoms with van der Waals surface area (Å²) in [6, 6.07) is 13.5. The van der Waals surface area contributed by atoms with Gasteiger partial charge in [-0.3, -0.25) is 9.36 Å². The maximum atomic E-state index is 13.3. The largest absolute Gasteiger partial charge is 0.508 e. The Morgan fingerprint density at radius 1 is 0.938 bits per heavy atom. The second-order valence-corrected chi connectivity index (χ2v) is 9.10. The lowest BCUT2D eigenvalue weighted by Crippen LogP contribution is -2.31. The molecule has 6 rings (SSSR count). The molecule has 0 unspecified atom stereocenters. The molecular weight excluding hydrogens is 400 g/mol. The number of likely N-dealkylation sites (tertiary alicyclic amines) is 1. The van der Waals surface area contributed by atoms with Gasteiger partial charge in [-0.1, -0.05) is 24.6 Å². The third-order valence-corrected chi connectivity index (χ3v) is 7.12. The first kappa shape index (κ1) is 19.6. The van der Waals surface area contributed by atoms with Crippen molar-refractivity contribution in [2.24, 2.45) is 0 Å². The Kier molecular flexibility index (Phi) is 4.76. The number of nitrogens with zero attached hydrogens (tertiary/aromatic N) is 4. The van der Waals surface area contributed by atoms with Crippen molar-refractivity contribution in [1.29, 1.82) is 0 Å². The first-order valence-corrected chi connectivity index (χ1v) is 11.8. The lowest BCUT2D eigenvalue weighted by atomic mass is 10.0. The Balaban J connectivity index is 1.47. The maximum absolute atomic E-state index is 13.3. The minimum absolute atomic E-state index is 0.0725. The molecule has 2 aliphatic heterocycles. The Morgan fingerprint density at radius 3 is 2.66 bits per heavy atom. The van der Waals surface area contributed by atoms with Crippen molar-refractivity contribution in [3.05, 3.63) is 58.4 Å². The number of aromatic nitrogens is 3. The van der Waals surface area contributed by atoms with Crippen molar-refractivity contribution >= 4 is 21.8 Å². The van der Waals surface area contributed by atoms with Crippen LogP contribution in [0.2, 0.25) is 0 Å². The summed E-state index contributed by atoms with van der Waals surface area (Å²) in [5, 5.41) is 11.6. The summed E-state index contributed by atoms with van der Waals surface area (Å²) in [6.07, 6.45) is 5.87. The maximum Gasteiger partial charge on any atom is 0.261 e. The summed E-state index contributed by atoms with van der Waals surface area (Å²) in [7, 11) is 0. The number of aryl methyl sites for hydroxylation is 2. The molecule has 2 aromatic carbocycles. The molecule has 0 bridgehead atoms. The zero-order valence-corrected chi connectivity index (χ0v) is 18.3. The minimum atomic E-state index is -0.0725. The van der Waals surface area contributed by atoms with Gasteiger partial charge in [0.15, 0.2) is 5.82 Å². The number of benzene rings is 2. The predicted octanol–water partition coefficient (Wildman–Crippen LogP) is 4.16. The fourth-order valence-electron chi connectivity index (χ4n) is 5.57. The van der Waals surface area contributed by atoms with Gasteiger partial charge < -0.3 is 14.6 Å². The fraction of sp³-hybridized carbons (Fsp3) is 0.385. The number of phenols is 1. The highest BCUT2D eigenvalue weighted by Gasteiger charge is 2.27. The van der Waals surface area contributed by atoms with E-state index in [1.54, 1.807) is 16.7 Å². The van der Waals surface area contributed by atoms with Crippen LogP contribution in [-0.4, -0.2) is 43.8 Å². The Morgan fingerprint density at radius 2 is 1.78 bits per heavy atom. The molecular formula is C26H28N4O2. The highest BCUT2D eigenvalue weighted by atomic mass is 16.3. The highest BCUT2D eigenvalue weighted by molar-refractivity contribution is 5.92. The second-order valence-electron chi connectivity index (χ2n) is 9.10. The van der Waals surface area contributed by atoms with E-state index in [9.17, 15) is 9.90 Å². The van der Waals surface area contributed by atoms with E-state index in [2.05, 4.69) is 33.7 Å². The number of rotatable bonds is 4. The van der Waals surface area contributed by atoms with Gasteiger partial charge >= 0.3 is 0 Å². The lowest BCUT2D eigenvalue weighted by molar-refractivity contribution is 0.223. The zero-order chi connectivity index (χ0) is 21.7. The first-order chi connectivity index (χ1) is 15.7. The number of para-hydroxylation sites is 1. The molecule has 4 aromatic rings. The molecule has 32 heavy (non-hydrogen) atoms. The molecule has 6 nitrogen and oxygen atoms in total. The smallest absolute Gasteiger partial charge is 0.261 e. The summed E-state index contributed by atoms with van der Waals surface area (Å²) in [5.74, 6) is 0.851. The molecule has 0 atom stereocenters. The number of piperidine rings is 1. The van der Waals surface area contributed by atoms with E-state index in [4.69, 9.17) is 4.98 Å². The molecule has 164 valence electrons. The molecule has 0 spiro atoms. The molecule has 0 saturated carbocycles. The fourth-order valence-corrected chi connectivity index (χ4v) is 5.57. The Labute approximate surface area is 186 Å². The summed E-state index contributed by atoms with van der Waals surface area (Å²) in [4.78, 5) is 20.8. The summed E-state index contributed by atoms with van der Waals surface area (Å²) in [5.41, 5.74) is 4.17. The summed E-state index contributed by atoms with van der Waals surface area (Å²) in [6.45, 7) is 5.06. The number of phenolic OH excluding ortho intramolecular Hbond substituents is 1. The van der Waals surface area contributed by atoms with Crippen molar-refractivity contribution in [1.82, 2.24) is 19.0 Å². The van der Waals surface area contributed by atoms with Gasteiger partial charge in [-0.05, 0) is 75.1 Å². The number of aromatic hydroxyl groups is 1. The van der Waals surface area contributed by atoms with Crippen molar-refractivity contribution in [3.63, 3.8) is 0 Å². The van der Waals surface area contributed by atoms with Crippen LogP contribution in [0, 0.1) is 0 Å². The van der Waals surface area contributed by atoms with Crippen LogP contribution < -0.4 is 5.56 Å². The van der Waals surface area contributed by atoms with E-state index in [0.717, 1.165) is 37.4 Å². The molecule has 0 amide bonds. The third-order valence-electron chi connectivity index (χ3n) is 7.12. The summed E-state index contributed by atoms with van der Waals surface area (Å²) < 4.78 is 4.18. The molecule has 1 saturated heterocycles. The van der Waals surface area contributed by atoms with Crippen LogP contribution in [-0.2, 0) is 19.5 Å². The van der Waals surface area contributed by atoms with Crippen molar-refractivity contribution in [3.8, 4) is 17.3 Å². The topological polar surface area (TPSA) is 63.3 Å². The molecule has 0 radical (unpaired) electrons. The molecule has 2 aliphatic rings. The van der Waals surface area contributed by atoms with E-state index in [0.29, 0.717) is 17.4 Å². The van der Waals surface area contributed by atoms with Crippen molar-refractivity contribution in [2.75, 3.05) is 19.6 Å². The van der Waals surface area contributed by atoms with E-state index in [-0.39, 0.29) is 11.3 Å². The normalized spacial score (nSPS) is 16.4. The van der Waals surface area contributed by atoms with Crippen LogP contribution in [0.15, 0.2) is 47.3 Å². The SMILES string of the molecule is O=c1c2cc(O)ccc2nc2n1CCc1c-2n(CCCN2CCCCC2)c2ccccc12. The average molecular weight is 429 g/mol. The average Bonchev–Trinajstić information content (AvgIpc) is 3.15. The van der Waals surface area contributed by atoms with E-state index >= 15 is 0 Å². The molecule has 6 heteroatoms. The van der Waals surface area contributed by atoms with E-state index < -0.39 is 0 Å². The van der Waals surface area contributed by atoms with Crippen LogP contribution in [0.5, 0.6) is 5.75 Å². The molecule has 0 aliphatic carbocycles. The van der Waals surface area contributed by atoms with Gasteiger partial charge in [-0.25, -0.2) is 4.98 Å². The molecule has 1 fully saturated rings. The lowest BCUT2D eigenvalue weighted by Gasteiger charge is -2.27. The van der Waals surface area contributed by atoms with Gasteiger partial charge in [0.25, 0.3) is 5.56 Å². The zero-order valence-electron chi connectivity index (χ0n) is 18.3.